The highest BCUT2D eigenvalue weighted by Crippen LogP contribution is 2.21. The van der Waals surface area contributed by atoms with Crippen LogP contribution in [0.1, 0.15) is 46.0 Å². The van der Waals surface area contributed by atoms with Gasteiger partial charge in [-0.1, -0.05) is 55.8 Å². The zero-order valence-electron chi connectivity index (χ0n) is 17.6. The van der Waals surface area contributed by atoms with Gasteiger partial charge >= 0.3 is 11.9 Å². The maximum atomic E-state index is 12.5. The van der Waals surface area contributed by atoms with Crippen LogP contribution in [0.4, 0.5) is 0 Å². The molecular formula is C26H26O5. The number of unbranched alkanes of at least 4 members (excludes halogenated alkanes) is 1. The Labute approximate surface area is 182 Å². The molecule has 0 spiro atoms. The maximum absolute atomic E-state index is 12.5. The Hall–Kier alpha value is -3.60. The van der Waals surface area contributed by atoms with Crippen molar-refractivity contribution in [1.82, 2.24) is 0 Å². The topological polar surface area (TPSA) is 61.8 Å². The van der Waals surface area contributed by atoms with Gasteiger partial charge in [0, 0.05) is 6.42 Å². The molecule has 5 heteroatoms. The summed E-state index contributed by atoms with van der Waals surface area (Å²) in [5.41, 5.74) is 1.66. The summed E-state index contributed by atoms with van der Waals surface area (Å²) in [6.45, 7) is 2.98. The SMILES string of the molecule is CCCCOc1ccc(C(=O)Oc2ccccc2C(=O)OCCc2ccccc2)cc1. The van der Waals surface area contributed by atoms with Gasteiger partial charge in [0.25, 0.3) is 0 Å². The molecule has 31 heavy (non-hydrogen) atoms. The number of carbonyl (C=O) groups is 2. The number of hydrogen-bond donors (Lipinski definition) is 0. The van der Waals surface area contributed by atoms with Crippen LogP contribution in [0.5, 0.6) is 11.5 Å². The molecule has 0 aliphatic heterocycles. The molecule has 0 radical (unpaired) electrons. The minimum absolute atomic E-state index is 0.167. The van der Waals surface area contributed by atoms with E-state index in [2.05, 4.69) is 6.92 Å². The van der Waals surface area contributed by atoms with Crippen molar-refractivity contribution >= 4 is 11.9 Å². The van der Waals surface area contributed by atoms with Crippen LogP contribution in [-0.2, 0) is 11.2 Å². The summed E-state index contributed by atoms with van der Waals surface area (Å²) in [5, 5.41) is 0. The number of hydrogen-bond acceptors (Lipinski definition) is 5. The molecule has 0 heterocycles. The monoisotopic (exact) mass is 418 g/mol. The predicted molar refractivity (Wildman–Crippen MR) is 119 cm³/mol. The summed E-state index contributed by atoms with van der Waals surface area (Å²) in [4.78, 5) is 25.1. The average Bonchev–Trinajstić information content (AvgIpc) is 2.80. The first-order valence-electron chi connectivity index (χ1n) is 10.4. The second-order valence-electron chi connectivity index (χ2n) is 6.98. The fourth-order valence-corrected chi connectivity index (χ4v) is 2.89. The molecule has 0 aromatic heterocycles. The van der Waals surface area contributed by atoms with E-state index in [9.17, 15) is 9.59 Å². The highest BCUT2D eigenvalue weighted by molar-refractivity contribution is 5.96. The summed E-state index contributed by atoms with van der Waals surface area (Å²) < 4.78 is 16.5. The Balaban J connectivity index is 1.59. The van der Waals surface area contributed by atoms with Crippen molar-refractivity contribution in [3.8, 4) is 11.5 Å². The van der Waals surface area contributed by atoms with Gasteiger partial charge in [-0.25, -0.2) is 9.59 Å². The number of benzene rings is 3. The lowest BCUT2D eigenvalue weighted by Gasteiger charge is -2.11. The van der Waals surface area contributed by atoms with Gasteiger partial charge < -0.3 is 14.2 Å². The van der Waals surface area contributed by atoms with Gasteiger partial charge in [0.05, 0.1) is 18.8 Å². The first-order chi connectivity index (χ1) is 15.2. The molecule has 0 saturated carbocycles. The van der Waals surface area contributed by atoms with Gasteiger partial charge in [0.1, 0.15) is 17.1 Å². The zero-order valence-corrected chi connectivity index (χ0v) is 17.6. The van der Waals surface area contributed by atoms with E-state index in [1.54, 1.807) is 48.5 Å². The van der Waals surface area contributed by atoms with Gasteiger partial charge in [-0.05, 0) is 48.4 Å². The molecule has 0 unspecified atom stereocenters. The molecule has 5 nitrogen and oxygen atoms in total. The summed E-state index contributed by atoms with van der Waals surface area (Å²) in [5.74, 6) is -0.212. The fraction of sp³-hybridized carbons (Fsp3) is 0.231. The van der Waals surface area contributed by atoms with Gasteiger partial charge in [0.2, 0.25) is 0 Å². The molecule has 0 bridgehead atoms. The molecule has 0 fully saturated rings. The van der Waals surface area contributed by atoms with Gasteiger partial charge in [-0.2, -0.15) is 0 Å². The third-order valence-electron chi connectivity index (χ3n) is 4.63. The summed E-state index contributed by atoms with van der Waals surface area (Å²) in [7, 11) is 0. The normalized spacial score (nSPS) is 10.4. The number of ether oxygens (including phenoxy) is 3. The van der Waals surface area contributed by atoms with Crippen LogP contribution in [0, 0.1) is 0 Å². The molecule has 3 aromatic carbocycles. The number of para-hydroxylation sites is 1. The summed E-state index contributed by atoms with van der Waals surface area (Å²) in [6, 6.07) is 23.1. The van der Waals surface area contributed by atoms with Crippen molar-refractivity contribution in [2.45, 2.75) is 26.2 Å². The maximum Gasteiger partial charge on any atom is 0.343 e. The summed E-state index contributed by atoms with van der Waals surface area (Å²) in [6.07, 6.45) is 2.64. The quantitative estimate of drug-likeness (QED) is 0.248. The van der Waals surface area contributed by atoms with E-state index >= 15 is 0 Å². The number of esters is 2. The van der Waals surface area contributed by atoms with Crippen LogP contribution in [0.25, 0.3) is 0 Å². The predicted octanol–water partition coefficient (Wildman–Crippen LogP) is 5.48. The second-order valence-corrected chi connectivity index (χ2v) is 6.98. The van der Waals surface area contributed by atoms with Crippen LogP contribution < -0.4 is 9.47 Å². The van der Waals surface area contributed by atoms with Gasteiger partial charge in [-0.3, -0.25) is 0 Å². The standard InChI is InChI=1S/C26H26O5/c1-2-3-18-29-22-15-13-21(14-16-22)25(27)31-24-12-8-7-11-23(24)26(28)30-19-17-20-9-5-4-6-10-20/h4-16H,2-3,17-19H2,1H3. The Morgan fingerprint density at radius 1 is 0.774 bits per heavy atom. The van der Waals surface area contributed by atoms with Gasteiger partial charge in [-0.15, -0.1) is 0 Å². The van der Waals surface area contributed by atoms with Crippen LogP contribution >= 0.6 is 0 Å². The lowest BCUT2D eigenvalue weighted by Crippen LogP contribution is -2.14. The molecule has 3 rings (SSSR count). The Morgan fingerprint density at radius 2 is 1.48 bits per heavy atom. The lowest BCUT2D eigenvalue weighted by atomic mass is 10.1. The molecule has 0 saturated heterocycles. The fourth-order valence-electron chi connectivity index (χ4n) is 2.89. The Kier molecular flexibility index (Phi) is 8.23. The molecule has 0 atom stereocenters. The van der Waals surface area contributed by atoms with E-state index in [0.29, 0.717) is 24.3 Å². The van der Waals surface area contributed by atoms with E-state index in [1.165, 1.54) is 0 Å². The molecule has 0 aliphatic rings. The van der Waals surface area contributed by atoms with Crippen molar-refractivity contribution in [2.75, 3.05) is 13.2 Å². The van der Waals surface area contributed by atoms with E-state index in [0.717, 1.165) is 18.4 Å². The largest absolute Gasteiger partial charge is 0.494 e. The molecule has 0 N–H and O–H groups in total. The van der Waals surface area contributed by atoms with Crippen molar-refractivity contribution in [1.29, 1.82) is 0 Å². The van der Waals surface area contributed by atoms with Crippen molar-refractivity contribution < 1.29 is 23.8 Å². The average molecular weight is 418 g/mol. The highest BCUT2D eigenvalue weighted by atomic mass is 16.5. The third-order valence-corrected chi connectivity index (χ3v) is 4.63. The minimum Gasteiger partial charge on any atom is -0.494 e. The van der Waals surface area contributed by atoms with Crippen LogP contribution in [0.2, 0.25) is 0 Å². The van der Waals surface area contributed by atoms with Crippen molar-refractivity contribution in [3.05, 3.63) is 95.6 Å². The van der Waals surface area contributed by atoms with E-state index in [-0.39, 0.29) is 17.9 Å². The smallest absolute Gasteiger partial charge is 0.343 e. The molecule has 3 aromatic rings. The van der Waals surface area contributed by atoms with Crippen LogP contribution in [-0.4, -0.2) is 25.2 Å². The van der Waals surface area contributed by atoms with Crippen molar-refractivity contribution in [2.24, 2.45) is 0 Å². The van der Waals surface area contributed by atoms with Crippen molar-refractivity contribution in [3.63, 3.8) is 0 Å². The summed E-state index contributed by atoms with van der Waals surface area (Å²) >= 11 is 0. The van der Waals surface area contributed by atoms with E-state index in [1.807, 2.05) is 30.3 Å². The highest BCUT2D eigenvalue weighted by Gasteiger charge is 2.17. The second kappa shape index (κ2) is 11.6. The first-order valence-corrected chi connectivity index (χ1v) is 10.4. The minimum atomic E-state index is -0.551. The third kappa shape index (κ3) is 6.71. The number of rotatable bonds is 10. The molecule has 160 valence electrons. The van der Waals surface area contributed by atoms with Crippen LogP contribution in [0.15, 0.2) is 78.9 Å². The molecular weight excluding hydrogens is 392 g/mol. The molecule has 0 aliphatic carbocycles. The van der Waals surface area contributed by atoms with Gasteiger partial charge in [0.15, 0.2) is 0 Å². The van der Waals surface area contributed by atoms with Crippen LogP contribution in [0.3, 0.4) is 0 Å². The van der Waals surface area contributed by atoms with E-state index in [4.69, 9.17) is 14.2 Å². The Bertz CT molecular complexity index is 980. The number of carbonyl (C=O) groups excluding carboxylic acids is 2. The lowest BCUT2D eigenvalue weighted by molar-refractivity contribution is 0.0504. The zero-order chi connectivity index (χ0) is 21.9. The molecule has 0 amide bonds. The van der Waals surface area contributed by atoms with E-state index < -0.39 is 11.9 Å². The Morgan fingerprint density at radius 3 is 2.23 bits per heavy atom. The first kappa shape index (κ1) is 22.1.